The van der Waals surface area contributed by atoms with Crippen LogP contribution in [0.3, 0.4) is 0 Å². The van der Waals surface area contributed by atoms with Crippen molar-refractivity contribution in [2.24, 2.45) is 0 Å². The van der Waals surface area contributed by atoms with E-state index in [0.29, 0.717) is 11.1 Å². The smallest absolute Gasteiger partial charge is 0.154 e. The lowest BCUT2D eigenvalue weighted by atomic mass is 10.1. The molecule has 0 atom stereocenters. The highest BCUT2D eigenvalue weighted by atomic mass is 16.3. The Morgan fingerprint density at radius 3 is 2.35 bits per heavy atom. The van der Waals surface area contributed by atoms with Gasteiger partial charge in [0, 0.05) is 5.56 Å². The maximum atomic E-state index is 9.66. The summed E-state index contributed by atoms with van der Waals surface area (Å²) in [7, 11) is 0. The second-order valence-corrected chi connectivity index (χ2v) is 4.02. The molecule has 0 aliphatic rings. The van der Waals surface area contributed by atoms with Gasteiger partial charge in [0.25, 0.3) is 0 Å². The molecular weight excluding hydrogens is 252 g/mol. The average Bonchev–Trinajstić information content (AvgIpc) is 2.43. The predicted octanol–water partition coefficient (Wildman–Crippen LogP) is 1.67. The molecule has 0 spiro atoms. The fraction of sp³-hybridized carbons (Fsp3) is 0. The highest BCUT2D eigenvalue weighted by Gasteiger charge is 1.99. The number of phenolic OH excluding ortho intramolecular Hbond substituents is 2. The molecular formula is C16H12N2O2. The van der Waals surface area contributed by atoms with Gasteiger partial charge < -0.3 is 21.7 Å². The minimum absolute atomic E-state index is 0.0197. The maximum Gasteiger partial charge on any atom is 0.154 e. The lowest BCUT2D eigenvalue weighted by Gasteiger charge is -1.98. The number of hydrogen-bond acceptors (Lipinski definition) is 4. The summed E-state index contributed by atoms with van der Waals surface area (Å²) in [6, 6.07) is 9.61. The third-order valence-electron chi connectivity index (χ3n) is 2.56. The molecule has 0 radical (unpaired) electrons. The molecule has 0 fully saturated rings. The number of para-hydroxylation sites is 1. The first-order valence-corrected chi connectivity index (χ1v) is 5.76. The normalized spacial score (nSPS) is 9.00. The quantitative estimate of drug-likeness (QED) is 0.331. The zero-order valence-corrected chi connectivity index (χ0v) is 10.5. The molecule has 0 aliphatic heterocycles. The van der Waals surface area contributed by atoms with Gasteiger partial charge in [0.2, 0.25) is 0 Å². The van der Waals surface area contributed by atoms with Gasteiger partial charge in [-0.1, -0.05) is 12.0 Å². The first-order chi connectivity index (χ1) is 9.58. The first kappa shape index (κ1) is 13.2. The molecule has 4 nitrogen and oxygen atoms in total. The minimum Gasteiger partial charge on any atom is -0.506 e. The Balaban J connectivity index is 2.21. The molecule has 0 unspecified atom stereocenters. The number of benzene rings is 2. The van der Waals surface area contributed by atoms with Crippen molar-refractivity contribution in [3.8, 4) is 35.2 Å². The number of nitrogens with two attached hydrogens (primary N) is 2. The standard InChI is InChI=1S/C16H12N2O2/c17-13-7-3-6-12(16(13)20)5-2-1-4-11-8-9-15(19)14(18)10-11/h3,6-10,19-20H,17-18H2. The van der Waals surface area contributed by atoms with Gasteiger partial charge in [-0.3, -0.25) is 0 Å². The molecule has 20 heavy (non-hydrogen) atoms. The van der Waals surface area contributed by atoms with Crippen LogP contribution in [0, 0.1) is 23.7 Å². The van der Waals surface area contributed by atoms with Crippen LogP contribution in [0.4, 0.5) is 11.4 Å². The van der Waals surface area contributed by atoms with E-state index in [1.54, 1.807) is 30.3 Å². The Bertz CT molecular complexity index is 775. The summed E-state index contributed by atoms with van der Waals surface area (Å²) < 4.78 is 0. The Labute approximate surface area is 116 Å². The van der Waals surface area contributed by atoms with Crippen LogP contribution in [0.1, 0.15) is 11.1 Å². The summed E-state index contributed by atoms with van der Waals surface area (Å²) >= 11 is 0. The minimum atomic E-state index is -0.0457. The van der Waals surface area contributed by atoms with Crippen LogP contribution in [0.25, 0.3) is 0 Å². The average molecular weight is 264 g/mol. The van der Waals surface area contributed by atoms with Crippen molar-refractivity contribution in [2.75, 3.05) is 11.5 Å². The van der Waals surface area contributed by atoms with Crippen LogP contribution in [-0.2, 0) is 0 Å². The molecule has 98 valence electrons. The van der Waals surface area contributed by atoms with E-state index in [2.05, 4.69) is 23.7 Å². The van der Waals surface area contributed by atoms with E-state index < -0.39 is 0 Å². The van der Waals surface area contributed by atoms with Crippen LogP contribution >= 0.6 is 0 Å². The van der Waals surface area contributed by atoms with E-state index >= 15 is 0 Å². The molecule has 2 aromatic carbocycles. The van der Waals surface area contributed by atoms with Gasteiger partial charge in [0.15, 0.2) is 5.75 Å². The van der Waals surface area contributed by atoms with Gasteiger partial charge in [0.1, 0.15) is 5.75 Å². The molecule has 0 amide bonds. The van der Waals surface area contributed by atoms with E-state index in [1.807, 2.05) is 0 Å². The van der Waals surface area contributed by atoms with E-state index in [1.165, 1.54) is 6.07 Å². The van der Waals surface area contributed by atoms with E-state index in [9.17, 15) is 10.2 Å². The number of hydrogen-bond donors (Lipinski definition) is 4. The third-order valence-corrected chi connectivity index (χ3v) is 2.56. The second-order valence-electron chi connectivity index (χ2n) is 4.02. The molecule has 2 aromatic rings. The zero-order valence-electron chi connectivity index (χ0n) is 10.5. The van der Waals surface area contributed by atoms with Crippen LogP contribution in [0.2, 0.25) is 0 Å². The van der Waals surface area contributed by atoms with Gasteiger partial charge in [-0.25, -0.2) is 0 Å². The Kier molecular flexibility index (Phi) is 3.70. The second kappa shape index (κ2) is 5.60. The lowest BCUT2D eigenvalue weighted by Crippen LogP contribution is -1.87. The van der Waals surface area contributed by atoms with Crippen molar-refractivity contribution in [1.29, 1.82) is 0 Å². The Morgan fingerprint density at radius 2 is 1.60 bits per heavy atom. The van der Waals surface area contributed by atoms with Gasteiger partial charge in [-0.05, 0) is 48.1 Å². The molecule has 0 bridgehead atoms. The van der Waals surface area contributed by atoms with E-state index in [-0.39, 0.29) is 22.9 Å². The summed E-state index contributed by atoms with van der Waals surface area (Å²) in [6.07, 6.45) is 0. The highest BCUT2D eigenvalue weighted by Crippen LogP contribution is 2.23. The largest absolute Gasteiger partial charge is 0.506 e. The van der Waals surface area contributed by atoms with E-state index in [0.717, 1.165) is 0 Å². The molecule has 2 rings (SSSR count). The van der Waals surface area contributed by atoms with Crippen molar-refractivity contribution in [1.82, 2.24) is 0 Å². The molecule has 0 aromatic heterocycles. The number of phenols is 2. The van der Waals surface area contributed by atoms with Gasteiger partial charge in [-0.2, -0.15) is 0 Å². The van der Waals surface area contributed by atoms with E-state index in [4.69, 9.17) is 11.5 Å². The number of rotatable bonds is 0. The van der Waals surface area contributed by atoms with Crippen molar-refractivity contribution in [2.45, 2.75) is 0 Å². The number of anilines is 2. The zero-order chi connectivity index (χ0) is 14.5. The monoisotopic (exact) mass is 264 g/mol. The van der Waals surface area contributed by atoms with Crippen LogP contribution in [0.5, 0.6) is 11.5 Å². The van der Waals surface area contributed by atoms with Gasteiger partial charge in [-0.15, -0.1) is 0 Å². The van der Waals surface area contributed by atoms with Crippen molar-refractivity contribution in [3.05, 3.63) is 47.5 Å². The summed E-state index contributed by atoms with van der Waals surface area (Å²) in [5.74, 6) is 10.7. The molecule has 0 saturated carbocycles. The summed E-state index contributed by atoms with van der Waals surface area (Å²) in [6.45, 7) is 0. The fourth-order valence-electron chi connectivity index (χ4n) is 1.50. The van der Waals surface area contributed by atoms with Crippen molar-refractivity contribution >= 4 is 11.4 Å². The summed E-state index contributed by atoms with van der Waals surface area (Å²) in [4.78, 5) is 0. The highest BCUT2D eigenvalue weighted by molar-refractivity contribution is 5.62. The number of aromatic hydroxyl groups is 2. The molecule has 0 saturated heterocycles. The van der Waals surface area contributed by atoms with Crippen molar-refractivity contribution in [3.63, 3.8) is 0 Å². The maximum absolute atomic E-state index is 9.66. The molecule has 0 aliphatic carbocycles. The molecule has 0 heterocycles. The SMILES string of the molecule is Nc1cc(C#CC#Cc2cccc(N)c2O)ccc1O. The first-order valence-electron chi connectivity index (χ1n) is 5.76. The lowest BCUT2D eigenvalue weighted by molar-refractivity contribution is 0.476. The van der Waals surface area contributed by atoms with Gasteiger partial charge >= 0.3 is 0 Å². The Morgan fingerprint density at radius 1 is 0.850 bits per heavy atom. The topological polar surface area (TPSA) is 92.5 Å². The number of nitrogen functional groups attached to an aromatic ring is 2. The Hall–Kier alpha value is -3.24. The van der Waals surface area contributed by atoms with Crippen LogP contribution < -0.4 is 11.5 Å². The van der Waals surface area contributed by atoms with Crippen LogP contribution in [-0.4, -0.2) is 10.2 Å². The van der Waals surface area contributed by atoms with Crippen molar-refractivity contribution < 1.29 is 10.2 Å². The molecule has 6 N–H and O–H groups in total. The molecule has 4 heteroatoms. The fourth-order valence-corrected chi connectivity index (χ4v) is 1.50. The summed E-state index contributed by atoms with van der Waals surface area (Å²) in [5, 5.41) is 18.9. The van der Waals surface area contributed by atoms with Crippen LogP contribution in [0.15, 0.2) is 36.4 Å². The van der Waals surface area contributed by atoms with Gasteiger partial charge in [0.05, 0.1) is 16.9 Å². The third kappa shape index (κ3) is 2.95. The summed E-state index contributed by atoms with van der Waals surface area (Å²) in [5.41, 5.74) is 12.7. The predicted molar refractivity (Wildman–Crippen MR) is 78.8 cm³/mol.